The van der Waals surface area contributed by atoms with E-state index >= 15 is 0 Å². The van der Waals surface area contributed by atoms with Crippen LogP contribution in [0.5, 0.6) is 0 Å². The van der Waals surface area contributed by atoms with Gasteiger partial charge in [-0.1, -0.05) is 76.3 Å². The lowest BCUT2D eigenvalue weighted by molar-refractivity contribution is -0.136. The number of carboxylic acids is 1. The molecule has 0 aliphatic heterocycles. The maximum absolute atomic E-state index is 12.2. The number of rotatable bonds is 8. The Labute approximate surface area is 160 Å². The Kier molecular flexibility index (Phi) is 8.29. The van der Waals surface area contributed by atoms with Crippen molar-refractivity contribution in [1.82, 2.24) is 4.72 Å². The van der Waals surface area contributed by atoms with Gasteiger partial charge in [0, 0.05) is 0 Å². The van der Waals surface area contributed by atoms with Gasteiger partial charge in [-0.05, 0) is 35.8 Å². The second-order valence-corrected chi connectivity index (χ2v) is 8.28. The molecule has 1 aliphatic carbocycles. The summed E-state index contributed by atoms with van der Waals surface area (Å²) in [4.78, 5) is 23.7. The molecule has 2 atom stereocenters. The van der Waals surface area contributed by atoms with Crippen LogP contribution in [0.4, 0.5) is 4.79 Å². The number of carbonyl (C=O) groups is 2. The summed E-state index contributed by atoms with van der Waals surface area (Å²) in [5.74, 6) is -0.335. The Morgan fingerprint density at radius 3 is 2.42 bits per heavy atom. The van der Waals surface area contributed by atoms with Crippen LogP contribution in [0.15, 0.2) is 30.3 Å². The third-order valence-corrected chi connectivity index (χ3v) is 5.76. The van der Waals surface area contributed by atoms with E-state index in [4.69, 9.17) is 4.74 Å². The maximum Gasteiger partial charge on any atom is 0.417 e. The molecule has 0 spiro atoms. The van der Waals surface area contributed by atoms with Gasteiger partial charge in [-0.3, -0.25) is 9.52 Å². The predicted octanol–water partition coefficient (Wildman–Crippen LogP) is 5.18. The van der Waals surface area contributed by atoms with Gasteiger partial charge in [-0.15, -0.1) is 0 Å². The van der Waals surface area contributed by atoms with Gasteiger partial charge in [0.2, 0.25) is 0 Å². The number of carbonyl (C=O) groups excluding carboxylic acids is 1. The van der Waals surface area contributed by atoms with Gasteiger partial charge >= 0.3 is 12.1 Å². The average Bonchev–Trinajstić information content (AvgIpc) is 2.64. The molecule has 1 aromatic rings. The monoisotopic (exact) mass is 379 g/mol. The number of amides is 1. The van der Waals surface area contributed by atoms with Crippen LogP contribution in [-0.2, 0) is 9.53 Å². The summed E-state index contributed by atoms with van der Waals surface area (Å²) >= 11 is 0.956. The average molecular weight is 380 g/mol. The first-order chi connectivity index (χ1) is 12.5. The number of benzene rings is 1. The Bertz CT molecular complexity index is 572. The topological polar surface area (TPSA) is 75.6 Å². The lowest BCUT2D eigenvalue weighted by atomic mass is 9.86. The number of ether oxygens (including phenoxy) is 1. The first-order valence-corrected chi connectivity index (χ1v) is 10.3. The highest BCUT2D eigenvalue weighted by molar-refractivity contribution is 7.99. The standard InChI is InChI=1S/C20H29NO4S/c1-14(2)18(16-11-7-4-8-12-16)25-20(24)21-26-17(19(22)23)13-15-9-5-3-6-10-15/h4,7-8,11-12,14-15,17-18H,3,5-6,9-10,13H2,1-2H3,(H,21,24)(H,22,23)/t17-,18?/m0/s1. The van der Waals surface area contributed by atoms with Gasteiger partial charge in [-0.25, -0.2) is 4.79 Å². The van der Waals surface area contributed by atoms with E-state index in [1.54, 1.807) is 0 Å². The second-order valence-electron chi connectivity index (χ2n) is 7.27. The first-order valence-electron chi connectivity index (χ1n) is 9.37. The SMILES string of the molecule is CC(C)C(OC(=O)NS[C@@H](CC1CCCCC1)C(=O)O)c1ccccc1. The van der Waals surface area contributed by atoms with Crippen LogP contribution in [0.2, 0.25) is 0 Å². The molecular weight excluding hydrogens is 350 g/mol. The minimum absolute atomic E-state index is 0.116. The van der Waals surface area contributed by atoms with Gasteiger partial charge in [-0.2, -0.15) is 0 Å². The van der Waals surface area contributed by atoms with E-state index in [1.807, 2.05) is 44.2 Å². The smallest absolute Gasteiger partial charge is 0.417 e. The van der Waals surface area contributed by atoms with Gasteiger partial charge in [0.15, 0.2) is 0 Å². The van der Waals surface area contributed by atoms with Crippen LogP contribution in [0.3, 0.4) is 0 Å². The fourth-order valence-corrected chi connectivity index (χ4v) is 4.17. The Morgan fingerprint density at radius 2 is 1.85 bits per heavy atom. The Hall–Kier alpha value is -1.69. The van der Waals surface area contributed by atoms with Crippen LogP contribution in [0.25, 0.3) is 0 Å². The largest absolute Gasteiger partial charge is 0.480 e. The number of hydrogen-bond donors (Lipinski definition) is 2. The molecular formula is C20H29NO4S. The molecule has 0 aromatic heterocycles. The fraction of sp³-hybridized carbons (Fsp3) is 0.600. The van der Waals surface area contributed by atoms with Crippen LogP contribution in [0.1, 0.15) is 64.0 Å². The van der Waals surface area contributed by atoms with Crippen LogP contribution >= 0.6 is 11.9 Å². The van der Waals surface area contributed by atoms with Crippen LogP contribution < -0.4 is 4.72 Å². The second kappa shape index (κ2) is 10.5. The van der Waals surface area contributed by atoms with Crippen molar-refractivity contribution in [2.45, 2.75) is 63.7 Å². The fourth-order valence-electron chi connectivity index (χ4n) is 3.42. The third-order valence-electron chi connectivity index (χ3n) is 4.80. The molecule has 0 bridgehead atoms. The van der Waals surface area contributed by atoms with Crippen molar-refractivity contribution in [3.8, 4) is 0 Å². The summed E-state index contributed by atoms with van der Waals surface area (Å²) in [5.41, 5.74) is 0.930. The van der Waals surface area contributed by atoms with Gasteiger partial charge in [0.1, 0.15) is 11.4 Å². The molecule has 0 radical (unpaired) electrons. The van der Waals surface area contributed by atoms with E-state index in [9.17, 15) is 14.7 Å². The van der Waals surface area contributed by atoms with E-state index in [1.165, 1.54) is 19.3 Å². The van der Waals surface area contributed by atoms with E-state index in [-0.39, 0.29) is 12.0 Å². The van der Waals surface area contributed by atoms with Crippen LogP contribution in [-0.4, -0.2) is 22.4 Å². The molecule has 0 saturated heterocycles. The minimum atomic E-state index is -0.885. The number of nitrogens with one attached hydrogen (secondary N) is 1. The van der Waals surface area contributed by atoms with Crippen molar-refractivity contribution in [2.24, 2.45) is 11.8 Å². The predicted molar refractivity (Wildman–Crippen MR) is 104 cm³/mol. The molecule has 144 valence electrons. The normalized spacial score (nSPS) is 17.5. The van der Waals surface area contributed by atoms with Gasteiger partial charge in [0.05, 0.1) is 0 Å². The molecule has 1 aromatic carbocycles. The lowest BCUT2D eigenvalue weighted by Gasteiger charge is -2.25. The zero-order chi connectivity index (χ0) is 18.9. The molecule has 5 nitrogen and oxygen atoms in total. The molecule has 1 fully saturated rings. The molecule has 2 N–H and O–H groups in total. The van der Waals surface area contributed by atoms with Gasteiger partial charge in [0.25, 0.3) is 0 Å². The third kappa shape index (κ3) is 6.56. The summed E-state index contributed by atoms with van der Waals surface area (Å²) in [6.45, 7) is 3.97. The molecule has 1 amide bonds. The highest BCUT2D eigenvalue weighted by atomic mass is 32.2. The molecule has 26 heavy (non-hydrogen) atoms. The highest BCUT2D eigenvalue weighted by Gasteiger charge is 2.27. The molecule has 1 saturated carbocycles. The highest BCUT2D eigenvalue weighted by Crippen LogP contribution is 2.31. The zero-order valence-corrected chi connectivity index (χ0v) is 16.3. The summed E-state index contributed by atoms with van der Waals surface area (Å²) in [6, 6.07) is 9.58. The van der Waals surface area contributed by atoms with Crippen molar-refractivity contribution in [2.75, 3.05) is 0 Å². The molecule has 0 heterocycles. The molecule has 1 aliphatic rings. The quantitative estimate of drug-likeness (QED) is 0.609. The summed E-state index contributed by atoms with van der Waals surface area (Å²) < 4.78 is 8.14. The number of hydrogen-bond acceptors (Lipinski definition) is 4. The van der Waals surface area contributed by atoms with E-state index < -0.39 is 17.3 Å². The summed E-state index contributed by atoms with van der Waals surface area (Å²) in [6.07, 6.45) is 5.38. The maximum atomic E-state index is 12.2. The molecule has 1 unspecified atom stereocenters. The van der Waals surface area contributed by atoms with Crippen molar-refractivity contribution in [3.05, 3.63) is 35.9 Å². The van der Waals surface area contributed by atoms with Crippen molar-refractivity contribution in [3.63, 3.8) is 0 Å². The van der Waals surface area contributed by atoms with E-state index in [2.05, 4.69) is 4.72 Å². The zero-order valence-electron chi connectivity index (χ0n) is 15.5. The minimum Gasteiger partial charge on any atom is -0.480 e. The Morgan fingerprint density at radius 1 is 1.19 bits per heavy atom. The Balaban J connectivity index is 1.87. The van der Waals surface area contributed by atoms with Crippen molar-refractivity contribution >= 4 is 24.0 Å². The van der Waals surface area contributed by atoms with E-state index in [0.717, 1.165) is 30.4 Å². The van der Waals surface area contributed by atoms with Crippen LogP contribution in [0, 0.1) is 11.8 Å². The number of aliphatic carboxylic acids is 1. The molecule has 6 heteroatoms. The van der Waals surface area contributed by atoms with Crippen molar-refractivity contribution < 1.29 is 19.4 Å². The molecule has 2 rings (SSSR count). The van der Waals surface area contributed by atoms with Gasteiger partial charge < -0.3 is 9.84 Å². The first kappa shape index (κ1) is 20.6. The summed E-state index contributed by atoms with van der Waals surface area (Å²) in [7, 11) is 0. The lowest BCUT2D eigenvalue weighted by Crippen LogP contribution is -2.29. The van der Waals surface area contributed by atoms with Crippen molar-refractivity contribution in [1.29, 1.82) is 0 Å². The van der Waals surface area contributed by atoms with E-state index in [0.29, 0.717) is 12.3 Å². The summed E-state index contributed by atoms with van der Waals surface area (Å²) in [5, 5.41) is 8.81. The number of carboxylic acid groups (broad SMARTS) is 1.